The van der Waals surface area contributed by atoms with Gasteiger partial charge in [-0.1, -0.05) is 0 Å². The summed E-state index contributed by atoms with van der Waals surface area (Å²) in [6.07, 6.45) is -1.55. The number of nitrogen functional groups attached to an aromatic ring is 1. The molecule has 2 saturated heterocycles. The summed E-state index contributed by atoms with van der Waals surface area (Å²) in [7, 11) is -2.54. The first-order valence-electron chi connectivity index (χ1n) is 12.6. The van der Waals surface area contributed by atoms with Crippen molar-refractivity contribution in [2.75, 3.05) is 18.9 Å². The maximum absolute atomic E-state index is 15.8. The number of fused-ring (bicyclic) bond motifs is 2. The maximum atomic E-state index is 15.8. The first-order chi connectivity index (χ1) is 20.1. The van der Waals surface area contributed by atoms with Crippen LogP contribution in [0.1, 0.15) is 18.9 Å². The van der Waals surface area contributed by atoms with Crippen molar-refractivity contribution in [1.29, 1.82) is 0 Å². The monoisotopic (exact) mass is 660 g/mol. The number of hydrogen-bond donors (Lipinski definition) is 5. The number of ether oxygens (including phenoxy) is 2. The van der Waals surface area contributed by atoms with Gasteiger partial charge in [0.05, 0.1) is 42.2 Å². The van der Waals surface area contributed by atoms with Crippen LogP contribution in [0.2, 0.25) is 0 Å². The number of aliphatic hydroxyl groups excluding tert-OH is 1. The number of imidazole rings is 1. The third kappa shape index (κ3) is 5.30. The Morgan fingerprint density at radius 3 is 2.86 bits per heavy atom. The molecule has 0 aromatic carbocycles. The third-order valence-electron chi connectivity index (χ3n) is 7.28. The Bertz CT molecular complexity index is 1760. The Labute approximate surface area is 247 Å². The molecule has 2 fully saturated rings. The number of aliphatic hydroxyl groups is 1. The summed E-state index contributed by atoms with van der Waals surface area (Å²) in [4.78, 5) is 38.5. The largest absolute Gasteiger partial charge is 0.582 e. The summed E-state index contributed by atoms with van der Waals surface area (Å²) in [6, 6.07) is 3.23. The van der Waals surface area contributed by atoms with Gasteiger partial charge in [0.15, 0.2) is 30.5 Å². The molecular formula is C22H25FN7O8P2S2+. The van der Waals surface area contributed by atoms with Crippen molar-refractivity contribution in [3.8, 4) is 0 Å². The minimum absolute atomic E-state index is 0.136. The second kappa shape index (κ2) is 11.6. The second-order valence-electron chi connectivity index (χ2n) is 9.72. The lowest BCUT2D eigenvalue weighted by Crippen LogP contribution is -2.33. The van der Waals surface area contributed by atoms with Gasteiger partial charge in [0, 0.05) is 12.4 Å². The van der Waals surface area contributed by atoms with Gasteiger partial charge in [-0.25, -0.2) is 19.3 Å². The van der Waals surface area contributed by atoms with Crippen LogP contribution in [0.15, 0.2) is 42.0 Å². The van der Waals surface area contributed by atoms with Crippen LogP contribution >= 0.6 is 26.0 Å². The van der Waals surface area contributed by atoms with E-state index in [1.807, 2.05) is 0 Å². The van der Waals surface area contributed by atoms with Crippen LogP contribution < -0.4 is 11.3 Å². The molecule has 20 heteroatoms. The number of anilines is 1. The molecule has 0 radical (unpaired) electrons. The molecule has 0 saturated carbocycles. The fourth-order valence-electron chi connectivity index (χ4n) is 5.32. The van der Waals surface area contributed by atoms with E-state index < -0.39 is 68.5 Å². The third-order valence-corrected chi connectivity index (χ3v) is 10.9. The van der Waals surface area contributed by atoms with Gasteiger partial charge < -0.3 is 43.8 Å². The zero-order chi connectivity index (χ0) is 29.8. The van der Waals surface area contributed by atoms with Gasteiger partial charge >= 0.3 is 7.23 Å². The van der Waals surface area contributed by atoms with Gasteiger partial charge in [0.25, 0.3) is 5.56 Å². The van der Waals surface area contributed by atoms with Crippen LogP contribution in [-0.4, -0.2) is 82.4 Å². The molecule has 6 heterocycles. The van der Waals surface area contributed by atoms with Crippen LogP contribution in [0, 0.1) is 0 Å². The van der Waals surface area contributed by atoms with E-state index in [4.69, 9.17) is 36.1 Å². The molecule has 4 aromatic rings. The van der Waals surface area contributed by atoms with Gasteiger partial charge in [0.2, 0.25) is 0 Å². The summed E-state index contributed by atoms with van der Waals surface area (Å²) in [6.45, 7) is -4.55. The quantitative estimate of drug-likeness (QED) is 0.129. The number of nitrogens with two attached hydrogens (primary N) is 1. The zero-order valence-electron chi connectivity index (χ0n) is 21.4. The van der Waals surface area contributed by atoms with E-state index in [2.05, 4.69) is 32.2 Å². The smallest absolute Gasteiger partial charge is 0.394 e. The van der Waals surface area contributed by atoms with E-state index in [0.29, 0.717) is 16.6 Å². The molecule has 0 bridgehead atoms. The Morgan fingerprint density at radius 1 is 1.29 bits per heavy atom. The van der Waals surface area contributed by atoms with Crippen LogP contribution in [-0.2, 0) is 34.9 Å². The number of alkyl halides is 1. The number of nitrogens with zero attached hydrogens (tertiary/aromatic N) is 5. The van der Waals surface area contributed by atoms with E-state index >= 15 is 4.39 Å². The van der Waals surface area contributed by atoms with Crippen LogP contribution in [0.25, 0.3) is 22.1 Å². The minimum atomic E-state index is -3.77. The molecule has 15 nitrogen and oxygen atoms in total. The van der Waals surface area contributed by atoms with Crippen LogP contribution in [0.4, 0.5) is 10.2 Å². The number of aromatic amines is 1. The highest BCUT2D eigenvalue weighted by molar-refractivity contribution is 8.39. The molecule has 0 aliphatic carbocycles. The van der Waals surface area contributed by atoms with Gasteiger partial charge in [-0.2, -0.15) is 0 Å². The average Bonchev–Trinajstić information content (AvgIpc) is 3.73. The van der Waals surface area contributed by atoms with Gasteiger partial charge in [-0.3, -0.25) is 4.79 Å². The predicted molar refractivity (Wildman–Crippen MR) is 154 cm³/mol. The maximum Gasteiger partial charge on any atom is 0.582 e. The Morgan fingerprint density at radius 2 is 2.10 bits per heavy atom. The van der Waals surface area contributed by atoms with Gasteiger partial charge in [-0.05, 0) is 34.9 Å². The number of nitrogens with one attached hydrogen (secondary N) is 1. The second-order valence-corrected chi connectivity index (χ2v) is 15.0. The molecule has 9 atom stereocenters. The van der Waals surface area contributed by atoms with Gasteiger partial charge in [0.1, 0.15) is 42.4 Å². The zero-order valence-corrected chi connectivity index (χ0v) is 24.9. The highest BCUT2D eigenvalue weighted by atomic mass is 32.7. The molecule has 2 aliphatic heterocycles. The first-order valence-corrected chi connectivity index (χ1v) is 17.6. The summed E-state index contributed by atoms with van der Waals surface area (Å²) in [5.41, 5.74) is 5.55. The lowest BCUT2D eigenvalue weighted by atomic mass is 10.1. The molecule has 5 N–H and O–H groups in total. The normalized spacial score (nSPS) is 29.8. The summed E-state index contributed by atoms with van der Waals surface area (Å²) in [5, 5.41) is 10.3. The van der Waals surface area contributed by atoms with Gasteiger partial charge in [-0.15, -0.1) is 4.52 Å². The number of aromatic nitrogens is 6. The number of H-pyrrole nitrogens is 1. The Hall–Kier alpha value is -2.37. The number of thiol groups is 1. The molecular weight excluding hydrogens is 635 g/mol. The lowest BCUT2D eigenvalue weighted by Gasteiger charge is -2.28. The van der Waals surface area contributed by atoms with Crippen molar-refractivity contribution in [3.63, 3.8) is 0 Å². The Kier molecular flexibility index (Phi) is 8.21. The summed E-state index contributed by atoms with van der Waals surface area (Å²) < 4.78 is 53.7. The van der Waals surface area contributed by atoms with E-state index in [1.165, 1.54) is 29.6 Å². The van der Waals surface area contributed by atoms with Crippen molar-refractivity contribution in [2.24, 2.45) is 0 Å². The molecule has 4 aromatic heterocycles. The van der Waals surface area contributed by atoms with Crippen molar-refractivity contribution < 1.29 is 37.5 Å². The predicted octanol–water partition coefficient (Wildman–Crippen LogP) is 1.93. The Balaban J connectivity index is 1.25. The van der Waals surface area contributed by atoms with Crippen molar-refractivity contribution in [3.05, 3.63) is 47.5 Å². The van der Waals surface area contributed by atoms with Crippen molar-refractivity contribution in [1.82, 2.24) is 29.1 Å². The number of rotatable bonds is 9. The molecule has 224 valence electrons. The standard InChI is InChI=1S/C22H24FN7O8P2S2/c23-15-17(38-39(33)41)13(37-22(15)29-4-2-11-18(24)26-8-27-19(11)29)7-35-40(34,42)14-5-10(6-31)36-21(14)30-9-28-16-12(30)1-3-25-20(16)32/h1-4,8-10,13-15,17,21-22,31H,5-7H2,(H4-,24,25,26,27,32,33,34,41,42)/p+1. The van der Waals surface area contributed by atoms with E-state index in [-0.39, 0.29) is 24.4 Å². The van der Waals surface area contributed by atoms with Crippen molar-refractivity contribution >= 4 is 65.7 Å². The van der Waals surface area contributed by atoms with E-state index in [0.717, 1.165) is 0 Å². The van der Waals surface area contributed by atoms with E-state index in [9.17, 15) is 19.4 Å². The molecule has 0 amide bonds. The summed E-state index contributed by atoms with van der Waals surface area (Å²) >= 11 is 9.34. The van der Waals surface area contributed by atoms with Crippen molar-refractivity contribution in [2.45, 2.75) is 49.0 Å². The topological polar surface area (TPSA) is 202 Å². The fourth-order valence-corrected chi connectivity index (χ4v) is 8.45. The molecule has 9 unspecified atom stereocenters. The minimum Gasteiger partial charge on any atom is -0.394 e. The first kappa shape index (κ1) is 29.7. The fraction of sp³-hybridized carbons (Fsp3) is 0.455. The number of halogens is 1. The number of pyridine rings is 1. The lowest BCUT2D eigenvalue weighted by molar-refractivity contribution is -0.0392. The van der Waals surface area contributed by atoms with Crippen LogP contribution in [0.5, 0.6) is 0 Å². The number of hydrogen-bond acceptors (Lipinski definition) is 12. The van der Waals surface area contributed by atoms with Crippen LogP contribution in [0.3, 0.4) is 0 Å². The summed E-state index contributed by atoms with van der Waals surface area (Å²) in [5.74, 6) is 0.198. The molecule has 2 aliphatic rings. The molecule has 42 heavy (non-hydrogen) atoms. The highest BCUT2D eigenvalue weighted by Crippen LogP contribution is 2.58. The highest BCUT2D eigenvalue weighted by Gasteiger charge is 2.53. The SMILES string of the molecule is Nc1ncnc2c1ccn2C1OC(COP(O)(=S)C2CC(CO)OC2n2cnc3c(=O)[nH]ccc32)C(O[P+](=O)S)C1F. The average molecular weight is 661 g/mol. The molecule has 0 spiro atoms. The molecule has 6 rings (SSSR count). The van der Waals surface area contributed by atoms with E-state index in [1.54, 1.807) is 16.7 Å².